The maximum atomic E-state index is 5.68. The third-order valence-electron chi connectivity index (χ3n) is 4.58. The molecule has 4 aromatic rings. The van der Waals surface area contributed by atoms with Crippen LogP contribution in [0.1, 0.15) is 0 Å². The number of nitrogens with zero attached hydrogens (tertiary/aromatic N) is 2. The van der Waals surface area contributed by atoms with Gasteiger partial charge in [0.1, 0.15) is 35.9 Å². The van der Waals surface area contributed by atoms with Gasteiger partial charge in [-0.05, 0) is 29.8 Å². The Labute approximate surface area is 165 Å². The lowest BCUT2D eigenvalue weighted by Crippen LogP contribution is -2.15. The van der Waals surface area contributed by atoms with Crippen molar-refractivity contribution in [3.05, 3.63) is 54.2 Å². The molecule has 0 atom stereocenters. The lowest BCUT2D eigenvalue weighted by molar-refractivity contribution is 0.171. The number of nitrogens with one attached hydrogen (secondary N) is 1. The Hall–Kier alpha value is -3.32. The molecule has 140 valence electrons. The van der Waals surface area contributed by atoms with E-state index in [9.17, 15) is 0 Å². The van der Waals surface area contributed by atoms with E-state index in [1.165, 1.54) is 0 Å². The van der Waals surface area contributed by atoms with E-state index in [4.69, 9.17) is 14.2 Å². The molecule has 2 aromatic carbocycles. The van der Waals surface area contributed by atoms with Gasteiger partial charge >= 0.3 is 0 Å². The number of ether oxygens (including phenoxy) is 3. The van der Waals surface area contributed by atoms with E-state index in [1.807, 2.05) is 42.5 Å². The molecule has 6 nitrogen and oxygen atoms in total. The molecule has 0 spiro atoms. The number of hydrogen-bond acceptors (Lipinski definition) is 7. The molecule has 1 aliphatic rings. The molecule has 0 fully saturated rings. The quantitative estimate of drug-likeness (QED) is 0.535. The monoisotopic (exact) mass is 391 g/mol. The number of benzene rings is 2. The highest BCUT2D eigenvalue weighted by molar-refractivity contribution is 7.17. The highest BCUT2D eigenvalue weighted by Gasteiger charge is 2.16. The summed E-state index contributed by atoms with van der Waals surface area (Å²) < 4.78 is 16.5. The van der Waals surface area contributed by atoms with Gasteiger partial charge in [0.05, 0.1) is 12.5 Å². The summed E-state index contributed by atoms with van der Waals surface area (Å²) in [4.78, 5) is 9.86. The summed E-state index contributed by atoms with van der Waals surface area (Å²) in [7, 11) is 1.66. The molecule has 0 aliphatic carbocycles. The van der Waals surface area contributed by atoms with E-state index in [2.05, 4.69) is 20.7 Å². The SMILES string of the molecule is COc1ccc(-c2csc3ncnc(Nc4ccc5c(c4)OCCO5)c23)cc1. The maximum absolute atomic E-state index is 5.68. The van der Waals surface area contributed by atoms with Gasteiger partial charge in [-0.2, -0.15) is 0 Å². The number of thiophene rings is 1. The van der Waals surface area contributed by atoms with Crippen LogP contribution >= 0.6 is 11.3 Å². The minimum Gasteiger partial charge on any atom is -0.497 e. The fourth-order valence-corrected chi connectivity index (χ4v) is 4.13. The van der Waals surface area contributed by atoms with Gasteiger partial charge in [0.2, 0.25) is 0 Å². The van der Waals surface area contributed by atoms with E-state index in [0.717, 1.165) is 50.1 Å². The Morgan fingerprint density at radius 1 is 1.00 bits per heavy atom. The fraction of sp³-hybridized carbons (Fsp3) is 0.143. The van der Waals surface area contributed by atoms with Gasteiger partial charge < -0.3 is 19.5 Å². The molecule has 0 radical (unpaired) electrons. The average Bonchev–Trinajstić information content (AvgIpc) is 3.19. The minimum atomic E-state index is 0.556. The fourth-order valence-electron chi connectivity index (χ4n) is 3.21. The predicted octanol–water partition coefficient (Wildman–Crippen LogP) is 4.88. The van der Waals surface area contributed by atoms with Gasteiger partial charge in [-0.15, -0.1) is 11.3 Å². The van der Waals surface area contributed by atoms with Crippen molar-refractivity contribution >= 4 is 33.1 Å². The van der Waals surface area contributed by atoms with Crippen molar-refractivity contribution in [2.75, 3.05) is 25.6 Å². The van der Waals surface area contributed by atoms with Crippen LogP contribution < -0.4 is 19.5 Å². The molecule has 5 rings (SSSR count). The van der Waals surface area contributed by atoms with Crippen LogP contribution in [0.2, 0.25) is 0 Å². The van der Waals surface area contributed by atoms with Crippen molar-refractivity contribution in [3.8, 4) is 28.4 Å². The van der Waals surface area contributed by atoms with E-state index < -0.39 is 0 Å². The first-order valence-electron chi connectivity index (χ1n) is 8.85. The minimum absolute atomic E-state index is 0.556. The number of anilines is 2. The van der Waals surface area contributed by atoms with E-state index in [1.54, 1.807) is 24.8 Å². The van der Waals surface area contributed by atoms with Crippen LogP contribution in [0.15, 0.2) is 54.2 Å². The van der Waals surface area contributed by atoms with E-state index in [0.29, 0.717) is 13.2 Å². The standard InChI is InChI=1S/C21H17N3O3S/c1-25-15-5-2-13(3-6-15)16-11-28-21-19(16)20(22-12-23-21)24-14-4-7-17-18(10-14)27-9-8-26-17/h2-7,10-12H,8-9H2,1H3,(H,22,23,24). The molecule has 0 bridgehead atoms. The molecule has 0 unspecified atom stereocenters. The molecule has 2 aromatic heterocycles. The predicted molar refractivity (Wildman–Crippen MR) is 110 cm³/mol. The van der Waals surface area contributed by atoms with Gasteiger partial charge in [0.25, 0.3) is 0 Å². The highest BCUT2D eigenvalue weighted by atomic mass is 32.1. The Morgan fingerprint density at radius 2 is 1.82 bits per heavy atom. The first-order valence-corrected chi connectivity index (χ1v) is 9.73. The number of hydrogen-bond donors (Lipinski definition) is 1. The van der Waals surface area contributed by atoms with E-state index in [-0.39, 0.29) is 0 Å². The van der Waals surface area contributed by atoms with Gasteiger partial charge in [0, 0.05) is 22.7 Å². The van der Waals surface area contributed by atoms with Crippen molar-refractivity contribution in [2.45, 2.75) is 0 Å². The van der Waals surface area contributed by atoms with Crippen LogP contribution in [0, 0.1) is 0 Å². The van der Waals surface area contributed by atoms with Crippen LogP contribution in [-0.2, 0) is 0 Å². The van der Waals surface area contributed by atoms with Crippen LogP contribution in [0.25, 0.3) is 21.3 Å². The number of aromatic nitrogens is 2. The molecule has 1 N–H and O–H groups in total. The van der Waals surface area contributed by atoms with Crippen LogP contribution in [0.5, 0.6) is 17.2 Å². The Bertz CT molecular complexity index is 1140. The second-order valence-corrected chi connectivity index (χ2v) is 7.12. The summed E-state index contributed by atoms with van der Waals surface area (Å²) in [6.07, 6.45) is 1.58. The highest BCUT2D eigenvalue weighted by Crippen LogP contribution is 2.39. The second-order valence-electron chi connectivity index (χ2n) is 6.26. The smallest absolute Gasteiger partial charge is 0.163 e. The Kier molecular flexibility index (Phi) is 4.21. The lowest BCUT2D eigenvalue weighted by Gasteiger charge is -2.19. The number of methoxy groups -OCH3 is 1. The molecular formula is C21H17N3O3S. The Morgan fingerprint density at radius 3 is 2.64 bits per heavy atom. The summed E-state index contributed by atoms with van der Waals surface area (Å²) >= 11 is 1.60. The largest absolute Gasteiger partial charge is 0.497 e. The number of fused-ring (bicyclic) bond motifs is 2. The van der Waals surface area contributed by atoms with Crippen molar-refractivity contribution in [2.24, 2.45) is 0 Å². The van der Waals surface area contributed by atoms with Gasteiger partial charge in [-0.1, -0.05) is 12.1 Å². The van der Waals surface area contributed by atoms with Gasteiger partial charge in [-0.25, -0.2) is 9.97 Å². The van der Waals surface area contributed by atoms with Crippen molar-refractivity contribution in [1.29, 1.82) is 0 Å². The second kappa shape index (κ2) is 7.01. The van der Waals surface area contributed by atoms with Crippen molar-refractivity contribution in [3.63, 3.8) is 0 Å². The summed E-state index contributed by atoms with van der Waals surface area (Å²) in [5, 5.41) is 6.51. The Balaban J connectivity index is 1.55. The van der Waals surface area contributed by atoms with Crippen molar-refractivity contribution < 1.29 is 14.2 Å². The zero-order chi connectivity index (χ0) is 18.9. The third-order valence-corrected chi connectivity index (χ3v) is 5.46. The van der Waals surface area contributed by atoms with Gasteiger partial charge in [-0.3, -0.25) is 0 Å². The average molecular weight is 391 g/mol. The third kappa shape index (κ3) is 2.99. The summed E-state index contributed by atoms with van der Waals surface area (Å²) in [5.74, 6) is 3.09. The molecular weight excluding hydrogens is 374 g/mol. The maximum Gasteiger partial charge on any atom is 0.163 e. The topological polar surface area (TPSA) is 65.5 Å². The molecule has 3 heterocycles. The normalized spacial score (nSPS) is 12.8. The molecule has 7 heteroatoms. The first kappa shape index (κ1) is 16.8. The van der Waals surface area contributed by atoms with Crippen LogP contribution in [-0.4, -0.2) is 30.3 Å². The molecule has 0 amide bonds. The number of rotatable bonds is 4. The van der Waals surface area contributed by atoms with E-state index >= 15 is 0 Å². The first-order chi connectivity index (χ1) is 13.8. The van der Waals surface area contributed by atoms with Crippen LogP contribution in [0.3, 0.4) is 0 Å². The molecule has 0 saturated heterocycles. The molecule has 1 aliphatic heterocycles. The molecule has 28 heavy (non-hydrogen) atoms. The lowest BCUT2D eigenvalue weighted by atomic mass is 10.1. The van der Waals surface area contributed by atoms with Crippen LogP contribution in [0.4, 0.5) is 11.5 Å². The summed E-state index contributed by atoms with van der Waals surface area (Å²) in [5.41, 5.74) is 3.06. The van der Waals surface area contributed by atoms with Crippen molar-refractivity contribution in [1.82, 2.24) is 9.97 Å². The summed E-state index contributed by atoms with van der Waals surface area (Å²) in [6, 6.07) is 13.8. The zero-order valence-electron chi connectivity index (χ0n) is 15.1. The zero-order valence-corrected chi connectivity index (χ0v) is 16.0. The molecule has 0 saturated carbocycles. The summed E-state index contributed by atoms with van der Waals surface area (Å²) in [6.45, 7) is 1.13. The van der Waals surface area contributed by atoms with Gasteiger partial charge in [0.15, 0.2) is 11.5 Å².